The molecule has 3 unspecified atom stereocenters. The number of nitrogens with one attached hydrogen (secondary N) is 4. The molecule has 2 heterocycles. The highest BCUT2D eigenvalue weighted by Crippen LogP contribution is 2.42. The molecule has 0 saturated heterocycles. The van der Waals surface area contributed by atoms with Crippen LogP contribution in [-0.4, -0.2) is 65.5 Å². The van der Waals surface area contributed by atoms with Gasteiger partial charge < -0.3 is 56.8 Å². The van der Waals surface area contributed by atoms with Crippen LogP contribution in [0.4, 0.5) is 0 Å². The first kappa shape index (κ1) is 49.2. The summed E-state index contributed by atoms with van der Waals surface area (Å²) in [4.78, 5) is 67.8. The summed E-state index contributed by atoms with van der Waals surface area (Å²) < 4.78 is 24.0. The average molecular weight is 961 g/mol. The first-order valence-electron chi connectivity index (χ1n) is 23.6. The summed E-state index contributed by atoms with van der Waals surface area (Å²) in [5, 5.41) is 20.5. The Morgan fingerprint density at radius 3 is 1.55 bits per heavy atom. The number of ether oxygens (including phenoxy) is 4. The van der Waals surface area contributed by atoms with Gasteiger partial charge in [0.15, 0.2) is 29.2 Å². The lowest BCUT2D eigenvalue weighted by Gasteiger charge is -2.25. The number of aryl methyl sites for hydroxylation is 1. The van der Waals surface area contributed by atoms with Gasteiger partial charge in [-0.2, -0.15) is 0 Å². The molecule has 0 saturated carbocycles. The van der Waals surface area contributed by atoms with Crippen molar-refractivity contribution in [3.05, 3.63) is 179 Å². The van der Waals surface area contributed by atoms with Gasteiger partial charge >= 0.3 is 5.97 Å². The third-order valence-corrected chi connectivity index (χ3v) is 12.1. The number of aliphatic carboxylic acids is 1. The highest BCUT2D eigenvalue weighted by atomic mass is 16.7. The maximum absolute atomic E-state index is 14.2. The Morgan fingerprint density at radius 2 is 1.03 bits per heavy atom. The first-order valence-corrected chi connectivity index (χ1v) is 23.6. The zero-order valence-electron chi connectivity index (χ0n) is 39.0. The highest BCUT2D eigenvalue weighted by Gasteiger charge is 2.33. The standard InChI is InChI=1S/C55H56N6O10/c1-2-3-10-33-15-19-36(20-16-33)37-21-23-38(24-22-37)49(62)58-41(27-28-56)50(63)59-42(29-34-17-25-44-46(31-34)70-54(68-44)39-11-6-4-7-12-39)51(64)61-48(57)52(65)60-43(53(66)67)30-35-18-26-45-47(32-35)71-55(69-45)40-13-8-5-9-14-40/h4-9,11-26,31-32,41-43,48,54-55H,2-3,10,27-30,56-57H2,1H3,(H,58,62)(H,59,63)(H,60,65)(H,61,64)(H,66,67)/t41-,42?,43-,48+,54?,55?/m0/s1. The Morgan fingerprint density at radius 1 is 0.549 bits per heavy atom. The van der Waals surface area contributed by atoms with Crippen molar-refractivity contribution in [1.29, 1.82) is 0 Å². The Kier molecular flexibility index (Phi) is 15.9. The number of rotatable bonds is 21. The summed E-state index contributed by atoms with van der Waals surface area (Å²) >= 11 is 0. The van der Waals surface area contributed by atoms with E-state index in [4.69, 9.17) is 30.4 Å². The van der Waals surface area contributed by atoms with Gasteiger partial charge in [-0.3, -0.25) is 19.2 Å². The lowest BCUT2D eigenvalue weighted by atomic mass is 10.0. The number of benzene rings is 6. The summed E-state index contributed by atoms with van der Waals surface area (Å²) in [6.45, 7) is 2.18. The number of carbonyl (C=O) groups excluding carboxylic acids is 4. The summed E-state index contributed by atoms with van der Waals surface area (Å²) in [5.74, 6) is -2.73. The van der Waals surface area contributed by atoms with Crippen molar-refractivity contribution < 1.29 is 48.0 Å². The van der Waals surface area contributed by atoms with Crippen LogP contribution in [0.3, 0.4) is 0 Å². The molecule has 0 spiro atoms. The monoisotopic (exact) mass is 960 g/mol. The molecule has 4 amide bonds. The van der Waals surface area contributed by atoms with Gasteiger partial charge in [-0.15, -0.1) is 0 Å². The van der Waals surface area contributed by atoms with Crippen molar-refractivity contribution in [3.63, 3.8) is 0 Å². The van der Waals surface area contributed by atoms with Crippen molar-refractivity contribution in [1.82, 2.24) is 21.3 Å². The quantitative estimate of drug-likeness (QED) is 0.0410. The maximum atomic E-state index is 14.2. The number of carboxylic acids is 1. The van der Waals surface area contributed by atoms with E-state index in [1.165, 1.54) is 5.56 Å². The van der Waals surface area contributed by atoms with Gasteiger partial charge in [0.05, 0.1) is 0 Å². The molecule has 2 aliphatic heterocycles. The van der Waals surface area contributed by atoms with Gasteiger partial charge in [-0.1, -0.05) is 123 Å². The topological polar surface area (TPSA) is 243 Å². The van der Waals surface area contributed by atoms with Crippen molar-refractivity contribution >= 4 is 29.6 Å². The molecule has 6 atom stereocenters. The summed E-state index contributed by atoms with van der Waals surface area (Å²) in [6, 6.07) is 40.0. The second kappa shape index (κ2) is 22.9. The molecule has 16 nitrogen and oxygen atoms in total. The lowest BCUT2D eigenvalue weighted by molar-refractivity contribution is -0.142. The lowest BCUT2D eigenvalue weighted by Crippen LogP contribution is -2.61. The van der Waals surface area contributed by atoms with E-state index in [9.17, 15) is 29.1 Å². The van der Waals surface area contributed by atoms with Gasteiger partial charge in [0.2, 0.25) is 11.8 Å². The van der Waals surface area contributed by atoms with Crippen molar-refractivity contribution in [2.45, 2.75) is 82.3 Å². The number of carboxylic acid groups (broad SMARTS) is 1. The van der Waals surface area contributed by atoms with Gasteiger partial charge in [0.1, 0.15) is 18.1 Å². The second-order valence-electron chi connectivity index (χ2n) is 17.4. The smallest absolute Gasteiger partial charge is 0.326 e. The van der Waals surface area contributed by atoms with Crippen LogP contribution in [0.2, 0.25) is 0 Å². The molecular formula is C55H56N6O10. The van der Waals surface area contributed by atoms with E-state index >= 15 is 0 Å². The molecule has 71 heavy (non-hydrogen) atoms. The summed E-state index contributed by atoms with van der Waals surface area (Å²) in [5.41, 5.74) is 18.3. The van der Waals surface area contributed by atoms with Crippen molar-refractivity contribution in [2.24, 2.45) is 11.5 Å². The Bertz CT molecular complexity index is 2830. The van der Waals surface area contributed by atoms with Crippen LogP contribution >= 0.6 is 0 Å². The van der Waals surface area contributed by atoms with Crippen LogP contribution in [0.15, 0.2) is 146 Å². The van der Waals surface area contributed by atoms with E-state index < -0.39 is 66.5 Å². The molecule has 366 valence electrons. The van der Waals surface area contributed by atoms with E-state index in [-0.39, 0.29) is 25.8 Å². The van der Waals surface area contributed by atoms with E-state index in [1.54, 1.807) is 48.5 Å². The van der Waals surface area contributed by atoms with Crippen LogP contribution in [-0.2, 0) is 38.4 Å². The predicted molar refractivity (Wildman–Crippen MR) is 264 cm³/mol. The molecule has 0 fully saturated rings. The number of hydrogen-bond acceptors (Lipinski definition) is 11. The van der Waals surface area contributed by atoms with Crippen LogP contribution in [0.5, 0.6) is 23.0 Å². The molecule has 2 aliphatic rings. The van der Waals surface area contributed by atoms with E-state index in [0.717, 1.165) is 41.5 Å². The molecule has 9 N–H and O–H groups in total. The Balaban J connectivity index is 0.943. The van der Waals surface area contributed by atoms with Crippen molar-refractivity contribution in [3.8, 4) is 34.1 Å². The number of carbonyl (C=O) groups is 5. The molecule has 6 aromatic rings. The summed E-state index contributed by atoms with van der Waals surface area (Å²) in [6.07, 6.45) is -0.168. The zero-order chi connectivity index (χ0) is 49.9. The van der Waals surface area contributed by atoms with Crippen LogP contribution in [0, 0.1) is 0 Å². The number of hydrogen-bond donors (Lipinski definition) is 7. The zero-order valence-corrected chi connectivity index (χ0v) is 39.0. The molecule has 0 radical (unpaired) electrons. The van der Waals surface area contributed by atoms with Gasteiger partial charge in [-0.05, 0) is 90.0 Å². The van der Waals surface area contributed by atoms with Gasteiger partial charge in [-0.25, -0.2) is 4.79 Å². The summed E-state index contributed by atoms with van der Waals surface area (Å²) in [7, 11) is 0. The van der Waals surface area contributed by atoms with Gasteiger partial charge in [0, 0.05) is 29.5 Å². The van der Waals surface area contributed by atoms with Crippen LogP contribution in [0.25, 0.3) is 11.1 Å². The number of nitrogens with two attached hydrogens (primary N) is 2. The minimum Gasteiger partial charge on any atom is -0.480 e. The Labute approximate surface area is 411 Å². The van der Waals surface area contributed by atoms with Crippen LogP contribution in [0.1, 0.15) is 76.9 Å². The number of fused-ring (bicyclic) bond motifs is 2. The SMILES string of the molecule is CCCCc1ccc(-c2ccc(C(=O)N[C@@H](CCN)C(=O)NC(Cc3ccc4c(c3)OC(c3ccccc3)O4)C(=O)N[C@@H](N)C(=O)N[C@@H](Cc3ccc4c(c3)OC(c3ccccc3)O4)C(=O)O)cc2)cc1. The molecular weight excluding hydrogens is 905 g/mol. The van der Waals surface area contributed by atoms with E-state index in [2.05, 4.69) is 52.5 Å². The number of amides is 4. The predicted octanol–water partition coefficient (Wildman–Crippen LogP) is 6.02. The normalized spacial score (nSPS) is 15.9. The van der Waals surface area contributed by atoms with Gasteiger partial charge in [0.25, 0.3) is 24.4 Å². The fraction of sp³-hybridized carbons (Fsp3) is 0.255. The molecule has 16 heteroatoms. The fourth-order valence-electron chi connectivity index (χ4n) is 8.21. The minimum atomic E-state index is -1.75. The third kappa shape index (κ3) is 12.5. The number of unbranched alkanes of at least 4 members (excludes halogenated alkanes) is 1. The fourth-order valence-corrected chi connectivity index (χ4v) is 8.21. The Hall–Kier alpha value is -8.21. The van der Waals surface area contributed by atoms with E-state index in [1.807, 2.05) is 72.8 Å². The first-order chi connectivity index (χ1) is 34.4. The second-order valence-corrected chi connectivity index (χ2v) is 17.4. The largest absolute Gasteiger partial charge is 0.480 e. The highest BCUT2D eigenvalue weighted by molar-refractivity contribution is 5.99. The third-order valence-electron chi connectivity index (χ3n) is 12.1. The minimum absolute atomic E-state index is 0.0173. The molecule has 8 rings (SSSR count). The van der Waals surface area contributed by atoms with Crippen molar-refractivity contribution in [2.75, 3.05) is 6.54 Å². The molecule has 0 bridgehead atoms. The molecule has 6 aromatic carbocycles. The maximum Gasteiger partial charge on any atom is 0.326 e. The molecule has 0 aliphatic carbocycles. The van der Waals surface area contributed by atoms with E-state index in [0.29, 0.717) is 39.7 Å². The molecule has 0 aromatic heterocycles. The van der Waals surface area contributed by atoms with Crippen LogP contribution < -0.4 is 51.7 Å². The average Bonchev–Trinajstić information content (AvgIpc) is 4.02.